The third kappa shape index (κ3) is 4.37. The number of benzene rings is 3. The summed E-state index contributed by atoms with van der Waals surface area (Å²) in [4.78, 5) is 24.5. The van der Waals surface area contributed by atoms with Crippen molar-refractivity contribution in [3.05, 3.63) is 90.3 Å². The number of amides is 1. The Morgan fingerprint density at radius 3 is 2.29 bits per heavy atom. The van der Waals surface area contributed by atoms with Crippen LogP contribution < -0.4 is 10.1 Å². The maximum Gasteiger partial charge on any atom is 0.359 e. The first-order valence-electron chi connectivity index (χ1n) is 10.8. The van der Waals surface area contributed by atoms with Gasteiger partial charge in [0.25, 0.3) is 5.91 Å². The largest absolute Gasteiger partial charge is 0.497 e. The summed E-state index contributed by atoms with van der Waals surface area (Å²) in [6.07, 6.45) is 0. The highest BCUT2D eigenvalue weighted by Crippen LogP contribution is 2.28. The third-order valence-electron chi connectivity index (χ3n) is 5.62. The molecule has 0 saturated heterocycles. The molecule has 2 heterocycles. The predicted molar refractivity (Wildman–Crippen MR) is 132 cm³/mol. The van der Waals surface area contributed by atoms with E-state index in [9.17, 15) is 9.59 Å². The van der Waals surface area contributed by atoms with Gasteiger partial charge in [-0.05, 0) is 71.8 Å². The molecule has 0 aliphatic heterocycles. The van der Waals surface area contributed by atoms with Crippen LogP contribution in [0.15, 0.2) is 83.3 Å². The molecule has 3 aromatic carbocycles. The van der Waals surface area contributed by atoms with E-state index in [1.807, 2.05) is 66.7 Å². The first-order valence-corrected chi connectivity index (χ1v) is 10.8. The summed E-state index contributed by atoms with van der Waals surface area (Å²) in [6, 6.07) is 23.9. The van der Waals surface area contributed by atoms with Crippen LogP contribution in [0.3, 0.4) is 0 Å². The monoisotopic (exact) mass is 467 g/mol. The maximum absolute atomic E-state index is 12.7. The first kappa shape index (κ1) is 22.0. The second-order valence-electron chi connectivity index (χ2n) is 7.75. The molecule has 8 nitrogen and oxygen atoms in total. The van der Waals surface area contributed by atoms with Gasteiger partial charge < -0.3 is 19.2 Å². The molecule has 0 aliphatic carbocycles. The number of aromatic nitrogens is 2. The van der Waals surface area contributed by atoms with E-state index in [1.165, 1.54) is 7.11 Å². The van der Waals surface area contributed by atoms with Crippen molar-refractivity contribution in [1.82, 2.24) is 10.2 Å². The number of ether oxygens (including phenoxy) is 2. The van der Waals surface area contributed by atoms with Gasteiger partial charge in [-0.15, -0.1) is 0 Å². The van der Waals surface area contributed by atoms with Crippen molar-refractivity contribution in [2.75, 3.05) is 19.5 Å². The normalized spacial score (nSPS) is 10.8. The zero-order valence-corrected chi connectivity index (χ0v) is 19.0. The molecule has 5 rings (SSSR count). The summed E-state index contributed by atoms with van der Waals surface area (Å²) in [5, 5.41) is 10.5. The highest BCUT2D eigenvalue weighted by atomic mass is 16.5. The Hall–Kier alpha value is -4.85. The van der Waals surface area contributed by atoms with Crippen molar-refractivity contribution in [2.24, 2.45) is 0 Å². The lowest BCUT2D eigenvalue weighted by molar-refractivity contribution is 0.0596. The second-order valence-corrected chi connectivity index (χ2v) is 7.75. The minimum absolute atomic E-state index is 0.214. The molecule has 5 aromatic rings. The van der Waals surface area contributed by atoms with Crippen LogP contribution in [0, 0.1) is 0 Å². The Balaban J connectivity index is 1.29. The molecule has 0 unspecified atom stereocenters. The summed E-state index contributed by atoms with van der Waals surface area (Å²) in [5.41, 5.74) is 4.34. The van der Waals surface area contributed by atoms with Gasteiger partial charge in [0.05, 0.1) is 19.7 Å². The Bertz CT molecular complexity index is 1520. The average Bonchev–Trinajstić information content (AvgIpc) is 3.56. The molecular weight excluding hydrogens is 446 g/mol. The molecule has 0 spiro atoms. The number of fused-ring (bicyclic) bond motifs is 1. The molecule has 0 radical (unpaired) electrons. The quantitative estimate of drug-likeness (QED) is 0.318. The number of H-pyrrole nitrogens is 1. The van der Waals surface area contributed by atoms with Crippen LogP contribution in [0.2, 0.25) is 0 Å². The predicted octanol–water partition coefficient (Wildman–Crippen LogP) is 5.54. The summed E-state index contributed by atoms with van der Waals surface area (Å²) in [7, 11) is 2.93. The van der Waals surface area contributed by atoms with E-state index in [-0.39, 0.29) is 17.4 Å². The van der Waals surface area contributed by atoms with E-state index in [1.54, 1.807) is 19.2 Å². The minimum Gasteiger partial charge on any atom is -0.497 e. The van der Waals surface area contributed by atoms with E-state index in [0.717, 1.165) is 28.0 Å². The molecule has 8 heteroatoms. The number of esters is 1. The molecule has 0 saturated carbocycles. The topological polar surface area (TPSA) is 106 Å². The summed E-state index contributed by atoms with van der Waals surface area (Å²) in [6.45, 7) is 0. The fourth-order valence-electron chi connectivity index (χ4n) is 3.76. The van der Waals surface area contributed by atoms with Gasteiger partial charge in [0.2, 0.25) is 0 Å². The number of furan rings is 1. The third-order valence-corrected chi connectivity index (χ3v) is 5.62. The van der Waals surface area contributed by atoms with Crippen LogP contribution in [0.4, 0.5) is 5.69 Å². The van der Waals surface area contributed by atoms with Gasteiger partial charge in [-0.3, -0.25) is 9.89 Å². The number of anilines is 1. The van der Waals surface area contributed by atoms with E-state index in [2.05, 4.69) is 15.5 Å². The zero-order valence-electron chi connectivity index (χ0n) is 19.0. The Morgan fingerprint density at radius 1 is 0.857 bits per heavy atom. The van der Waals surface area contributed by atoms with Crippen LogP contribution >= 0.6 is 0 Å². The van der Waals surface area contributed by atoms with Crippen LogP contribution in [0.5, 0.6) is 5.75 Å². The smallest absolute Gasteiger partial charge is 0.359 e. The number of nitrogens with zero attached hydrogens (tertiary/aromatic N) is 1. The van der Waals surface area contributed by atoms with E-state index >= 15 is 0 Å². The second kappa shape index (κ2) is 9.18. The lowest BCUT2D eigenvalue weighted by Gasteiger charge is -2.06. The molecule has 1 amide bonds. The average molecular weight is 467 g/mol. The number of nitrogens with one attached hydrogen (secondary N) is 2. The fraction of sp³-hybridized carbons (Fsp3) is 0.0741. The van der Waals surface area contributed by atoms with E-state index < -0.39 is 5.97 Å². The molecule has 174 valence electrons. The van der Waals surface area contributed by atoms with Crippen LogP contribution in [0.25, 0.3) is 33.4 Å². The molecule has 35 heavy (non-hydrogen) atoms. The molecule has 0 bridgehead atoms. The van der Waals surface area contributed by atoms with Crippen molar-refractivity contribution < 1.29 is 23.5 Å². The van der Waals surface area contributed by atoms with E-state index in [4.69, 9.17) is 13.9 Å². The molecule has 0 aliphatic rings. The number of hydrogen-bond acceptors (Lipinski definition) is 6. The van der Waals surface area contributed by atoms with Crippen molar-refractivity contribution in [1.29, 1.82) is 0 Å². The lowest BCUT2D eigenvalue weighted by Crippen LogP contribution is -2.10. The van der Waals surface area contributed by atoms with Crippen LogP contribution in [-0.2, 0) is 4.74 Å². The minimum atomic E-state index is -0.489. The number of carbonyl (C=O) groups is 2. The van der Waals surface area contributed by atoms with Crippen molar-refractivity contribution >= 4 is 28.5 Å². The highest BCUT2D eigenvalue weighted by Gasteiger charge is 2.15. The Kier molecular flexibility index (Phi) is 5.76. The van der Waals surface area contributed by atoms with Gasteiger partial charge in [-0.1, -0.05) is 18.2 Å². The summed E-state index contributed by atoms with van der Waals surface area (Å²) >= 11 is 0. The van der Waals surface area contributed by atoms with Crippen molar-refractivity contribution in [3.63, 3.8) is 0 Å². The van der Waals surface area contributed by atoms with Crippen LogP contribution in [0.1, 0.15) is 21.0 Å². The number of aromatic amines is 1. The van der Waals surface area contributed by atoms with Gasteiger partial charge in [-0.2, -0.15) is 5.10 Å². The fourth-order valence-corrected chi connectivity index (χ4v) is 3.76. The van der Waals surface area contributed by atoms with E-state index in [0.29, 0.717) is 16.8 Å². The number of rotatable bonds is 6. The molecule has 0 fully saturated rings. The van der Waals surface area contributed by atoms with Gasteiger partial charge in [0, 0.05) is 16.6 Å². The molecule has 0 atom stereocenters. The Labute approximate surface area is 200 Å². The SMILES string of the molecule is COC(=O)c1n[nH]c2cc(-c3ccc(NC(=O)c4ccc(-c5ccc(OC)cc5)o4)cc3)ccc12. The standard InChI is InChI=1S/C27H21N3O5/c1-33-20-10-5-17(6-11-20)23-13-14-24(35-23)26(31)28-19-8-3-16(4-9-19)18-7-12-21-22(15-18)29-30-25(21)27(32)34-2/h3-15H,1-2H3,(H,28,31)(H,29,30). The van der Waals surface area contributed by atoms with Gasteiger partial charge >= 0.3 is 5.97 Å². The maximum atomic E-state index is 12.7. The molecule has 2 aromatic heterocycles. The van der Waals surface area contributed by atoms with Gasteiger partial charge in [0.15, 0.2) is 11.5 Å². The number of methoxy groups -OCH3 is 2. The lowest BCUT2D eigenvalue weighted by atomic mass is 10.0. The van der Waals surface area contributed by atoms with Crippen molar-refractivity contribution in [2.45, 2.75) is 0 Å². The van der Waals surface area contributed by atoms with Crippen molar-refractivity contribution in [3.8, 4) is 28.2 Å². The Morgan fingerprint density at radius 2 is 1.57 bits per heavy atom. The molecule has 2 N–H and O–H groups in total. The highest BCUT2D eigenvalue weighted by molar-refractivity contribution is 6.03. The van der Waals surface area contributed by atoms with Gasteiger partial charge in [-0.25, -0.2) is 4.79 Å². The number of carbonyl (C=O) groups excluding carboxylic acids is 2. The first-order chi connectivity index (χ1) is 17.1. The molecular formula is C27H21N3O5. The summed E-state index contributed by atoms with van der Waals surface area (Å²) in [5.74, 6) is 0.726. The van der Waals surface area contributed by atoms with Crippen LogP contribution in [-0.4, -0.2) is 36.3 Å². The zero-order chi connectivity index (χ0) is 24.4. The van der Waals surface area contributed by atoms with Gasteiger partial charge in [0.1, 0.15) is 11.5 Å². The number of hydrogen-bond donors (Lipinski definition) is 2. The summed E-state index contributed by atoms with van der Waals surface area (Å²) < 4.78 is 15.7.